The van der Waals surface area contributed by atoms with Crippen molar-refractivity contribution in [3.05, 3.63) is 42.0 Å². The lowest BCUT2D eigenvalue weighted by Crippen LogP contribution is -1.97. The molecule has 0 aliphatic rings. The third-order valence-electron chi connectivity index (χ3n) is 1.82. The molecule has 0 bridgehead atoms. The van der Waals surface area contributed by atoms with E-state index in [1.165, 1.54) is 5.56 Å². The van der Waals surface area contributed by atoms with Crippen LogP contribution in [0, 0.1) is 6.92 Å². The van der Waals surface area contributed by atoms with Gasteiger partial charge in [-0.15, -0.1) is 6.58 Å². The Balaban J connectivity index is 2.37. The molecule has 70 valence electrons. The normalized spacial score (nSPS) is 9.69. The minimum absolute atomic E-state index is 0.721. The second-order valence-electron chi connectivity index (χ2n) is 3.37. The van der Waals surface area contributed by atoms with Gasteiger partial charge in [-0.2, -0.15) is 0 Å². The average molecular weight is 176 g/mol. The standard InChI is InChI=1S/C12H16O/c1-10(2)8-9-13-12-6-4-11(3)5-7-12/h4-7H,1,8-9H2,2-3H3. The highest BCUT2D eigenvalue weighted by Gasteiger charge is 1.92. The molecule has 13 heavy (non-hydrogen) atoms. The lowest BCUT2D eigenvalue weighted by molar-refractivity contribution is 0.321. The molecule has 0 saturated heterocycles. The van der Waals surface area contributed by atoms with Crippen molar-refractivity contribution in [1.29, 1.82) is 0 Å². The van der Waals surface area contributed by atoms with Gasteiger partial charge in [0.2, 0.25) is 0 Å². The van der Waals surface area contributed by atoms with Crippen molar-refractivity contribution in [2.24, 2.45) is 0 Å². The van der Waals surface area contributed by atoms with Crippen molar-refractivity contribution in [2.75, 3.05) is 6.61 Å². The van der Waals surface area contributed by atoms with Gasteiger partial charge in [0.05, 0.1) is 6.61 Å². The molecule has 0 aliphatic carbocycles. The summed E-state index contributed by atoms with van der Waals surface area (Å²) in [5, 5.41) is 0. The Morgan fingerprint density at radius 3 is 2.46 bits per heavy atom. The Morgan fingerprint density at radius 1 is 1.31 bits per heavy atom. The van der Waals surface area contributed by atoms with Gasteiger partial charge in [-0.1, -0.05) is 23.3 Å². The van der Waals surface area contributed by atoms with Crippen LogP contribution >= 0.6 is 0 Å². The number of benzene rings is 1. The van der Waals surface area contributed by atoms with Gasteiger partial charge in [-0.25, -0.2) is 0 Å². The van der Waals surface area contributed by atoms with Crippen molar-refractivity contribution in [2.45, 2.75) is 20.3 Å². The molecule has 1 heteroatoms. The van der Waals surface area contributed by atoms with E-state index in [0.29, 0.717) is 0 Å². The molecule has 0 unspecified atom stereocenters. The van der Waals surface area contributed by atoms with Gasteiger partial charge >= 0.3 is 0 Å². The van der Waals surface area contributed by atoms with Crippen LogP contribution in [0.3, 0.4) is 0 Å². The van der Waals surface area contributed by atoms with Gasteiger partial charge in [0, 0.05) is 6.42 Å². The van der Waals surface area contributed by atoms with E-state index < -0.39 is 0 Å². The zero-order chi connectivity index (χ0) is 9.68. The van der Waals surface area contributed by atoms with Crippen LogP contribution in [0.5, 0.6) is 5.75 Å². The lowest BCUT2D eigenvalue weighted by Gasteiger charge is -2.05. The Hall–Kier alpha value is -1.24. The quantitative estimate of drug-likeness (QED) is 0.639. The number of ether oxygens (including phenoxy) is 1. The van der Waals surface area contributed by atoms with E-state index in [9.17, 15) is 0 Å². The lowest BCUT2D eigenvalue weighted by atomic mass is 10.2. The van der Waals surface area contributed by atoms with E-state index in [1.54, 1.807) is 0 Å². The summed E-state index contributed by atoms with van der Waals surface area (Å²) in [4.78, 5) is 0. The van der Waals surface area contributed by atoms with Gasteiger partial charge < -0.3 is 4.74 Å². The van der Waals surface area contributed by atoms with Crippen LogP contribution in [0.4, 0.5) is 0 Å². The average Bonchev–Trinajstić information content (AvgIpc) is 2.08. The summed E-state index contributed by atoms with van der Waals surface area (Å²) in [5.41, 5.74) is 2.42. The summed E-state index contributed by atoms with van der Waals surface area (Å²) >= 11 is 0. The molecule has 1 nitrogen and oxygen atoms in total. The first-order valence-electron chi connectivity index (χ1n) is 4.52. The maximum absolute atomic E-state index is 5.51. The van der Waals surface area contributed by atoms with Crippen LogP contribution in [0.1, 0.15) is 18.9 Å². The number of hydrogen-bond donors (Lipinski definition) is 0. The molecule has 0 aliphatic heterocycles. The smallest absolute Gasteiger partial charge is 0.119 e. The van der Waals surface area contributed by atoms with Crippen molar-refractivity contribution >= 4 is 0 Å². The molecule has 0 radical (unpaired) electrons. The van der Waals surface area contributed by atoms with Gasteiger partial charge in [-0.05, 0) is 26.0 Å². The maximum atomic E-state index is 5.51. The maximum Gasteiger partial charge on any atom is 0.119 e. The van der Waals surface area contributed by atoms with Crippen molar-refractivity contribution in [1.82, 2.24) is 0 Å². The van der Waals surface area contributed by atoms with Crippen LogP contribution in [0.15, 0.2) is 36.4 Å². The monoisotopic (exact) mass is 176 g/mol. The first-order valence-corrected chi connectivity index (χ1v) is 4.52. The summed E-state index contributed by atoms with van der Waals surface area (Å²) in [5.74, 6) is 0.937. The molecule has 0 amide bonds. The van der Waals surface area contributed by atoms with Crippen LogP contribution in [0.2, 0.25) is 0 Å². The molecule has 0 saturated carbocycles. The summed E-state index contributed by atoms with van der Waals surface area (Å²) in [7, 11) is 0. The fraction of sp³-hybridized carbons (Fsp3) is 0.333. The highest BCUT2D eigenvalue weighted by molar-refractivity contribution is 5.26. The summed E-state index contributed by atoms with van der Waals surface area (Å²) in [6, 6.07) is 8.09. The third kappa shape index (κ3) is 3.79. The first-order chi connectivity index (χ1) is 6.18. The van der Waals surface area contributed by atoms with E-state index in [1.807, 2.05) is 19.1 Å². The molecule has 0 heterocycles. The molecule has 0 aromatic heterocycles. The van der Waals surface area contributed by atoms with Crippen molar-refractivity contribution in [3.63, 3.8) is 0 Å². The molecule has 0 atom stereocenters. The predicted octanol–water partition coefficient (Wildman–Crippen LogP) is 3.34. The summed E-state index contributed by atoms with van der Waals surface area (Å²) in [6.45, 7) is 8.62. The highest BCUT2D eigenvalue weighted by atomic mass is 16.5. The highest BCUT2D eigenvalue weighted by Crippen LogP contribution is 2.12. The molecule has 1 rings (SSSR count). The largest absolute Gasteiger partial charge is 0.493 e. The molecular weight excluding hydrogens is 160 g/mol. The molecule has 0 spiro atoms. The SMILES string of the molecule is C=C(C)CCOc1ccc(C)cc1. The van der Waals surface area contributed by atoms with E-state index in [0.717, 1.165) is 24.4 Å². The van der Waals surface area contributed by atoms with Gasteiger partial charge in [0.15, 0.2) is 0 Å². The molecule has 1 aromatic rings. The number of hydrogen-bond acceptors (Lipinski definition) is 1. The molecule has 1 aromatic carbocycles. The third-order valence-corrected chi connectivity index (χ3v) is 1.82. The Labute approximate surface area is 80.0 Å². The number of aryl methyl sites for hydroxylation is 1. The first kappa shape index (κ1) is 9.85. The Kier molecular flexibility index (Phi) is 3.56. The van der Waals surface area contributed by atoms with Gasteiger partial charge in [-0.3, -0.25) is 0 Å². The van der Waals surface area contributed by atoms with Gasteiger partial charge in [0.1, 0.15) is 5.75 Å². The summed E-state index contributed by atoms with van der Waals surface area (Å²) < 4.78 is 5.51. The van der Waals surface area contributed by atoms with E-state index in [2.05, 4.69) is 25.6 Å². The molecular formula is C12H16O. The number of rotatable bonds is 4. The summed E-state index contributed by atoms with van der Waals surface area (Å²) in [6.07, 6.45) is 0.924. The fourth-order valence-electron chi connectivity index (χ4n) is 0.978. The van der Waals surface area contributed by atoms with E-state index in [-0.39, 0.29) is 0 Å². The topological polar surface area (TPSA) is 9.23 Å². The predicted molar refractivity (Wildman–Crippen MR) is 56.1 cm³/mol. The van der Waals surface area contributed by atoms with Crippen LogP contribution in [-0.4, -0.2) is 6.61 Å². The molecule has 0 N–H and O–H groups in total. The second-order valence-corrected chi connectivity index (χ2v) is 3.37. The van der Waals surface area contributed by atoms with Crippen molar-refractivity contribution in [3.8, 4) is 5.75 Å². The Morgan fingerprint density at radius 2 is 1.92 bits per heavy atom. The van der Waals surface area contributed by atoms with Crippen LogP contribution < -0.4 is 4.74 Å². The second kappa shape index (κ2) is 4.70. The van der Waals surface area contributed by atoms with Gasteiger partial charge in [0.25, 0.3) is 0 Å². The minimum atomic E-state index is 0.721. The van der Waals surface area contributed by atoms with Crippen LogP contribution in [-0.2, 0) is 0 Å². The van der Waals surface area contributed by atoms with Crippen LogP contribution in [0.25, 0.3) is 0 Å². The minimum Gasteiger partial charge on any atom is -0.493 e. The Bertz CT molecular complexity index is 272. The fourth-order valence-corrected chi connectivity index (χ4v) is 0.978. The van der Waals surface area contributed by atoms with E-state index in [4.69, 9.17) is 4.74 Å². The van der Waals surface area contributed by atoms with Crippen molar-refractivity contribution < 1.29 is 4.74 Å². The molecule has 0 fully saturated rings. The zero-order valence-electron chi connectivity index (χ0n) is 8.34. The zero-order valence-corrected chi connectivity index (χ0v) is 8.34. The van der Waals surface area contributed by atoms with E-state index >= 15 is 0 Å².